The maximum atomic E-state index is 11.8. The Labute approximate surface area is 213 Å². The molecule has 5 fully saturated rings. The predicted octanol–water partition coefficient (Wildman–Crippen LogP) is 3.76. The van der Waals surface area contributed by atoms with Crippen LogP contribution in [0, 0.1) is 23.7 Å². The van der Waals surface area contributed by atoms with Crippen LogP contribution in [0.4, 0.5) is 0 Å². The molecule has 4 saturated heterocycles. The molecule has 2 bridgehead atoms. The van der Waals surface area contributed by atoms with Gasteiger partial charge in [-0.2, -0.15) is 0 Å². The second-order valence-corrected chi connectivity index (χ2v) is 11.2. The molecule has 1 aliphatic carbocycles. The van der Waals surface area contributed by atoms with Gasteiger partial charge in [0.15, 0.2) is 18.5 Å². The summed E-state index contributed by atoms with van der Waals surface area (Å²) in [6, 6.07) is 7.19. The molecule has 1 spiro atoms. The van der Waals surface area contributed by atoms with E-state index in [1.165, 1.54) is 0 Å². The third-order valence-electron chi connectivity index (χ3n) is 8.33. The van der Waals surface area contributed by atoms with E-state index in [-0.39, 0.29) is 18.4 Å². The molecule has 0 unspecified atom stereocenters. The Bertz CT molecular complexity index is 925. The van der Waals surface area contributed by atoms with Crippen molar-refractivity contribution in [3.05, 3.63) is 24.3 Å². The van der Waals surface area contributed by atoms with Crippen LogP contribution in [-0.2, 0) is 28.8 Å². The summed E-state index contributed by atoms with van der Waals surface area (Å²) in [5, 5.41) is 0. The van der Waals surface area contributed by atoms with Crippen LogP contribution >= 0.6 is 0 Å². The molecule has 0 aromatic heterocycles. The lowest BCUT2D eigenvalue weighted by Crippen LogP contribution is -2.70. The fourth-order valence-corrected chi connectivity index (χ4v) is 6.28. The van der Waals surface area contributed by atoms with E-state index in [0.29, 0.717) is 36.5 Å². The van der Waals surface area contributed by atoms with Crippen LogP contribution in [0.25, 0.3) is 0 Å². The number of esters is 1. The average Bonchev–Trinajstić information content (AvgIpc) is 3.07. The molecule has 1 aromatic rings. The van der Waals surface area contributed by atoms with E-state index in [2.05, 4.69) is 13.8 Å². The zero-order valence-corrected chi connectivity index (χ0v) is 21.9. The summed E-state index contributed by atoms with van der Waals surface area (Å²) in [5.74, 6) is 1.14. The second kappa shape index (κ2) is 10.1. The van der Waals surface area contributed by atoms with Crippen LogP contribution in [-0.4, -0.2) is 68.7 Å². The molecule has 0 amide bonds. The Morgan fingerprint density at radius 2 is 1.81 bits per heavy atom. The van der Waals surface area contributed by atoms with Gasteiger partial charge in [0.05, 0.1) is 0 Å². The van der Waals surface area contributed by atoms with Gasteiger partial charge in [-0.1, -0.05) is 13.8 Å². The Hall–Kier alpha value is -1.91. The van der Waals surface area contributed by atoms with Crippen LogP contribution in [0.1, 0.15) is 46.5 Å². The van der Waals surface area contributed by atoms with Crippen molar-refractivity contribution in [2.24, 2.45) is 23.7 Å². The molecule has 9 heteroatoms. The number of carbonyl (C=O) groups excluding carboxylic acids is 1. The quantitative estimate of drug-likeness (QED) is 0.387. The Morgan fingerprint density at radius 3 is 2.56 bits per heavy atom. The van der Waals surface area contributed by atoms with E-state index in [0.717, 1.165) is 25.7 Å². The Kier molecular flexibility index (Phi) is 7.22. The molecular weight excluding hydrogens is 466 g/mol. The fraction of sp³-hybridized carbons (Fsp3) is 0.741. The zero-order valence-electron chi connectivity index (χ0n) is 21.9. The van der Waals surface area contributed by atoms with Crippen LogP contribution in [0.2, 0.25) is 0 Å². The van der Waals surface area contributed by atoms with Crippen LogP contribution in [0.5, 0.6) is 11.5 Å². The number of fused-ring (bicyclic) bond motifs is 2. The molecule has 0 N–H and O–H groups in total. The number of hydrogen-bond acceptors (Lipinski definition) is 9. The minimum Gasteiger partial charge on any atom is -0.482 e. The van der Waals surface area contributed by atoms with Gasteiger partial charge < -0.3 is 28.6 Å². The van der Waals surface area contributed by atoms with Gasteiger partial charge in [-0.25, -0.2) is 14.6 Å². The van der Waals surface area contributed by atoms with E-state index in [1.54, 1.807) is 12.1 Å². The molecule has 9 nitrogen and oxygen atoms in total. The standard InChI is InChI=1S/C27H39NO8/c1-17-6-11-22-18(2)24(33-25-27(22)21(17)12-13-26(3,34-25)35-36-27)32-20-9-7-19(8-10-20)31-16-23(29)30-15-14-28(4)5/h7-10,17-18,21-22,24-25H,6,11-16H2,1-5H3/t17-,18-,21+,22+,24+,25-,26+,27-/m1/s1. The van der Waals surface area contributed by atoms with Gasteiger partial charge >= 0.3 is 5.97 Å². The van der Waals surface area contributed by atoms with Crippen LogP contribution in [0.3, 0.4) is 0 Å². The third kappa shape index (κ3) is 4.84. The summed E-state index contributed by atoms with van der Waals surface area (Å²) in [5.41, 5.74) is -0.605. The van der Waals surface area contributed by atoms with Gasteiger partial charge in [0.1, 0.15) is 18.1 Å². The van der Waals surface area contributed by atoms with Crippen molar-refractivity contribution in [3.8, 4) is 11.5 Å². The Balaban J connectivity index is 1.22. The minimum absolute atomic E-state index is 0.0822. The second-order valence-electron chi connectivity index (χ2n) is 11.2. The number of rotatable bonds is 8. The molecule has 4 aliphatic heterocycles. The third-order valence-corrected chi connectivity index (χ3v) is 8.33. The molecule has 0 radical (unpaired) electrons. The number of likely N-dealkylation sites (N-methyl/N-ethyl adjacent to an activating group) is 1. The predicted molar refractivity (Wildman–Crippen MR) is 129 cm³/mol. The van der Waals surface area contributed by atoms with Crippen molar-refractivity contribution in [1.82, 2.24) is 4.90 Å². The Morgan fingerprint density at radius 1 is 1.06 bits per heavy atom. The highest BCUT2D eigenvalue weighted by molar-refractivity contribution is 5.71. The first-order valence-corrected chi connectivity index (χ1v) is 13.1. The van der Waals surface area contributed by atoms with Crippen molar-refractivity contribution in [2.45, 2.75) is 70.4 Å². The fourth-order valence-electron chi connectivity index (χ4n) is 6.28. The van der Waals surface area contributed by atoms with Crippen molar-refractivity contribution < 1.29 is 38.3 Å². The molecule has 5 aliphatic rings. The lowest BCUT2D eigenvalue weighted by atomic mass is 9.58. The number of benzene rings is 1. The van der Waals surface area contributed by atoms with E-state index in [9.17, 15) is 4.79 Å². The smallest absolute Gasteiger partial charge is 0.344 e. The van der Waals surface area contributed by atoms with Gasteiger partial charge in [-0.05, 0) is 76.4 Å². The summed E-state index contributed by atoms with van der Waals surface area (Å²) in [6.07, 6.45) is 2.91. The maximum Gasteiger partial charge on any atom is 0.344 e. The van der Waals surface area contributed by atoms with Crippen molar-refractivity contribution in [2.75, 3.05) is 33.9 Å². The lowest BCUT2D eigenvalue weighted by molar-refractivity contribution is -0.575. The average molecular weight is 506 g/mol. The molecule has 36 heavy (non-hydrogen) atoms. The molecule has 6 rings (SSSR count). The van der Waals surface area contributed by atoms with Crippen molar-refractivity contribution in [1.29, 1.82) is 0 Å². The molecule has 1 saturated carbocycles. The summed E-state index contributed by atoms with van der Waals surface area (Å²) >= 11 is 0. The van der Waals surface area contributed by atoms with Gasteiger partial charge in [0, 0.05) is 24.8 Å². The SMILES string of the molecule is C[C@H]1[C@@H](Oc2ccc(OCC(=O)OCCN(C)C)cc2)O[C@@H]2O[C@]3(C)CC[C@H]4[C@H](C)CC[C@@H]1[C@@]24OO3. The highest BCUT2D eigenvalue weighted by Crippen LogP contribution is 2.60. The number of ether oxygens (including phenoxy) is 5. The van der Waals surface area contributed by atoms with Crippen molar-refractivity contribution in [3.63, 3.8) is 0 Å². The molecular formula is C27H39NO8. The zero-order chi connectivity index (χ0) is 25.5. The topological polar surface area (TPSA) is 84.9 Å². The summed E-state index contributed by atoms with van der Waals surface area (Å²) in [4.78, 5) is 25.9. The van der Waals surface area contributed by atoms with E-state index >= 15 is 0 Å². The monoisotopic (exact) mass is 505 g/mol. The van der Waals surface area contributed by atoms with Gasteiger partial charge in [0.25, 0.3) is 0 Å². The highest BCUT2D eigenvalue weighted by Gasteiger charge is 2.69. The largest absolute Gasteiger partial charge is 0.482 e. The first-order valence-electron chi connectivity index (χ1n) is 13.1. The highest BCUT2D eigenvalue weighted by atomic mass is 17.3. The van der Waals surface area contributed by atoms with Crippen LogP contribution in [0.15, 0.2) is 24.3 Å². The number of nitrogens with zero attached hydrogens (tertiary/aromatic N) is 1. The van der Waals surface area contributed by atoms with Crippen LogP contribution < -0.4 is 9.47 Å². The molecule has 200 valence electrons. The van der Waals surface area contributed by atoms with Crippen molar-refractivity contribution >= 4 is 5.97 Å². The van der Waals surface area contributed by atoms with Gasteiger partial charge in [-0.3, -0.25) is 0 Å². The summed E-state index contributed by atoms with van der Waals surface area (Å²) < 4.78 is 29.9. The van der Waals surface area contributed by atoms with E-state index < -0.39 is 29.9 Å². The van der Waals surface area contributed by atoms with E-state index in [4.69, 9.17) is 33.5 Å². The number of carbonyl (C=O) groups is 1. The summed E-state index contributed by atoms with van der Waals surface area (Å²) in [6.45, 7) is 7.26. The van der Waals surface area contributed by atoms with Gasteiger partial charge in [-0.15, -0.1) is 0 Å². The van der Waals surface area contributed by atoms with E-state index in [1.807, 2.05) is 38.1 Å². The number of hydrogen-bond donors (Lipinski definition) is 0. The maximum absolute atomic E-state index is 11.8. The normalized spacial score (nSPS) is 39.3. The molecule has 1 aromatic carbocycles. The lowest BCUT2D eigenvalue weighted by Gasteiger charge is -2.60. The van der Waals surface area contributed by atoms with Gasteiger partial charge in [0.2, 0.25) is 12.1 Å². The molecule has 8 atom stereocenters. The first kappa shape index (κ1) is 25.7. The summed E-state index contributed by atoms with van der Waals surface area (Å²) in [7, 11) is 3.85. The minimum atomic E-state index is -0.810. The molecule has 4 heterocycles. The first-order chi connectivity index (χ1) is 17.2.